The van der Waals surface area contributed by atoms with Crippen LogP contribution in [0.1, 0.15) is 22.6 Å². The fourth-order valence-corrected chi connectivity index (χ4v) is 4.55. The lowest BCUT2D eigenvalue weighted by Crippen LogP contribution is -2.43. The number of ether oxygens (including phenoxy) is 1. The van der Waals surface area contributed by atoms with E-state index in [0.717, 1.165) is 38.7 Å². The first kappa shape index (κ1) is 20.7. The zero-order chi connectivity index (χ0) is 22.8. The number of nitrogens with zero attached hydrogens (tertiary/aromatic N) is 1. The summed E-state index contributed by atoms with van der Waals surface area (Å²) in [5.74, 6) is -1.21. The number of pyridine rings is 1. The van der Waals surface area contributed by atoms with Gasteiger partial charge in [0.05, 0.1) is 5.52 Å². The Morgan fingerprint density at radius 2 is 1.61 bits per heavy atom. The molecule has 1 atom stereocenters. The number of aliphatic carboxylic acids is 1. The number of aromatic nitrogens is 1. The van der Waals surface area contributed by atoms with Gasteiger partial charge in [0.2, 0.25) is 0 Å². The molecule has 6 heteroatoms. The van der Waals surface area contributed by atoms with Crippen LogP contribution in [-0.4, -0.2) is 34.8 Å². The molecule has 0 fully saturated rings. The molecule has 1 unspecified atom stereocenters. The zero-order valence-electron chi connectivity index (χ0n) is 17.8. The van der Waals surface area contributed by atoms with Crippen molar-refractivity contribution in [1.29, 1.82) is 0 Å². The molecule has 6 nitrogen and oxygen atoms in total. The molecule has 164 valence electrons. The zero-order valence-corrected chi connectivity index (χ0v) is 17.8. The van der Waals surface area contributed by atoms with Crippen LogP contribution in [0.5, 0.6) is 0 Å². The van der Waals surface area contributed by atoms with E-state index in [1.807, 2.05) is 60.7 Å². The summed E-state index contributed by atoms with van der Waals surface area (Å²) < 4.78 is 5.52. The van der Waals surface area contributed by atoms with Gasteiger partial charge in [-0.05, 0) is 39.9 Å². The van der Waals surface area contributed by atoms with E-state index in [1.54, 1.807) is 12.3 Å². The SMILES string of the molecule is O=C(NC(Cc1cccc2ncccc12)C(=O)O)OCC1c2ccccc2-c2ccccc21. The molecule has 0 saturated heterocycles. The summed E-state index contributed by atoms with van der Waals surface area (Å²) in [6, 6.07) is 24.2. The van der Waals surface area contributed by atoms with Gasteiger partial charge in [-0.25, -0.2) is 9.59 Å². The summed E-state index contributed by atoms with van der Waals surface area (Å²) in [7, 11) is 0. The second kappa shape index (κ2) is 8.74. The van der Waals surface area contributed by atoms with Crippen molar-refractivity contribution >= 4 is 23.0 Å². The molecule has 0 bridgehead atoms. The monoisotopic (exact) mass is 438 g/mol. The van der Waals surface area contributed by atoms with Gasteiger partial charge >= 0.3 is 12.1 Å². The third-order valence-corrected chi connectivity index (χ3v) is 6.09. The summed E-state index contributed by atoms with van der Waals surface area (Å²) in [5, 5.41) is 13.1. The predicted octanol–water partition coefficient (Wildman–Crippen LogP) is 4.77. The Morgan fingerprint density at radius 1 is 0.909 bits per heavy atom. The molecule has 1 aliphatic carbocycles. The quantitative estimate of drug-likeness (QED) is 0.453. The highest BCUT2D eigenvalue weighted by Gasteiger charge is 2.30. The van der Waals surface area contributed by atoms with E-state index in [2.05, 4.69) is 22.4 Å². The molecule has 0 saturated carbocycles. The van der Waals surface area contributed by atoms with Crippen molar-refractivity contribution < 1.29 is 19.4 Å². The lowest BCUT2D eigenvalue weighted by molar-refractivity contribution is -0.139. The molecule has 1 aliphatic rings. The summed E-state index contributed by atoms with van der Waals surface area (Å²) >= 11 is 0. The van der Waals surface area contributed by atoms with Gasteiger partial charge < -0.3 is 15.2 Å². The van der Waals surface area contributed by atoms with E-state index in [-0.39, 0.29) is 18.9 Å². The molecule has 2 N–H and O–H groups in total. The number of fused-ring (bicyclic) bond motifs is 4. The van der Waals surface area contributed by atoms with Crippen LogP contribution < -0.4 is 5.32 Å². The smallest absolute Gasteiger partial charge is 0.407 e. The van der Waals surface area contributed by atoms with Crippen molar-refractivity contribution in [2.45, 2.75) is 18.4 Å². The molecule has 1 amide bonds. The number of carbonyl (C=O) groups excluding carboxylic acids is 1. The fraction of sp³-hybridized carbons (Fsp3) is 0.148. The van der Waals surface area contributed by atoms with Crippen LogP contribution in [0.15, 0.2) is 85.1 Å². The molecule has 3 aromatic carbocycles. The standard InChI is InChI=1S/C27H22N2O4/c30-26(31)25(15-17-7-5-13-24-18(17)12-6-14-28-24)29-27(32)33-16-23-21-10-3-1-8-19(21)20-9-2-4-11-22(20)23/h1-14,23,25H,15-16H2,(H,29,32)(H,30,31). The number of carboxylic acids is 1. The number of nitrogens with one attached hydrogen (secondary N) is 1. The third-order valence-electron chi connectivity index (χ3n) is 6.09. The van der Waals surface area contributed by atoms with Crippen molar-refractivity contribution in [3.63, 3.8) is 0 Å². The highest BCUT2D eigenvalue weighted by Crippen LogP contribution is 2.44. The molecular formula is C27H22N2O4. The number of amides is 1. The second-order valence-electron chi connectivity index (χ2n) is 8.05. The van der Waals surface area contributed by atoms with E-state index >= 15 is 0 Å². The molecule has 1 heterocycles. The molecular weight excluding hydrogens is 416 g/mol. The van der Waals surface area contributed by atoms with Crippen molar-refractivity contribution in [2.75, 3.05) is 6.61 Å². The van der Waals surface area contributed by atoms with Crippen LogP contribution in [0.2, 0.25) is 0 Å². The van der Waals surface area contributed by atoms with Gasteiger partial charge in [-0.15, -0.1) is 0 Å². The van der Waals surface area contributed by atoms with E-state index in [9.17, 15) is 14.7 Å². The third kappa shape index (κ3) is 4.03. The summed E-state index contributed by atoms with van der Waals surface area (Å²) in [6.45, 7) is 0.129. The fourth-order valence-electron chi connectivity index (χ4n) is 4.55. The van der Waals surface area contributed by atoms with Gasteiger partial charge in [-0.3, -0.25) is 4.98 Å². The number of carboxylic acid groups (broad SMARTS) is 1. The Balaban J connectivity index is 1.29. The highest BCUT2D eigenvalue weighted by molar-refractivity contribution is 5.85. The average molecular weight is 438 g/mol. The van der Waals surface area contributed by atoms with E-state index < -0.39 is 18.1 Å². The Kier molecular flexibility index (Phi) is 5.48. The average Bonchev–Trinajstić information content (AvgIpc) is 3.16. The van der Waals surface area contributed by atoms with E-state index in [1.165, 1.54) is 0 Å². The Bertz CT molecular complexity index is 1300. The first-order valence-corrected chi connectivity index (χ1v) is 10.8. The number of hydrogen-bond acceptors (Lipinski definition) is 4. The van der Waals surface area contributed by atoms with E-state index in [0.29, 0.717) is 0 Å². The molecule has 4 aromatic rings. The van der Waals surface area contributed by atoms with E-state index in [4.69, 9.17) is 4.74 Å². The van der Waals surface area contributed by atoms with Crippen molar-refractivity contribution in [3.8, 4) is 11.1 Å². The maximum absolute atomic E-state index is 12.6. The Morgan fingerprint density at radius 3 is 2.30 bits per heavy atom. The number of rotatable bonds is 6. The minimum absolute atomic E-state index is 0.0874. The number of hydrogen-bond donors (Lipinski definition) is 2. The maximum Gasteiger partial charge on any atom is 0.407 e. The van der Waals surface area contributed by atoms with Gasteiger partial charge in [-0.1, -0.05) is 66.7 Å². The molecule has 5 rings (SSSR count). The first-order chi connectivity index (χ1) is 16.1. The van der Waals surface area contributed by atoms with Gasteiger partial charge in [0.1, 0.15) is 12.6 Å². The number of carbonyl (C=O) groups is 2. The molecule has 0 aliphatic heterocycles. The molecule has 0 radical (unpaired) electrons. The van der Waals surface area contributed by atoms with Crippen LogP contribution in [0, 0.1) is 0 Å². The molecule has 33 heavy (non-hydrogen) atoms. The summed E-state index contributed by atoms with van der Waals surface area (Å²) in [6.07, 6.45) is 1.07. The topological polar surface area (TPSA) is 88.5 Å². The van der Waals surface area contributed by atoms with Gasteiger partial charge in [0.25, 0.3) is 0 Å². The predicted molar refractivity (Wildman–Crippen MR) is 125 cm³/mol. The van der Waals surface area contributed by atoms with Crippen LogP contribution in [0.4, 0.5) is 4.79 Å². The van der Waals surface area contributed by atoms with Crippen LogP contribution in [0.25, 0.3) is 22.0 Å². The second-order valence-corrected chi connectivity index (χ2v) is 8.05. The van der Waals surface area contributed by atoms with Crippen LogP contribution in [-0.2, 0) is 16.0 Å². The van der Waals surface area contributed by atoms with Crippen LogP contribution >= 0.6 is 0 Å². The minimum Gasteiger partial charge on any atom is -0.480 e. The minimum atomic E-state index is -1.12. The van der Waals surface area contributed by atoms with Crippen molar-refractivity contribution in [2.24, 2.45) is 0 Å². The lowest BCUT2D eigenvalue weighted by atomic mass is 9.98. The van der Waals surface area contributed by atoms with Gasteiger partial charge in [-0.2, -0.15) is 0 Å². The van der Waals surface area contributed by atoms with Crippen molar-refractivity contribution in [3.05, 3.63) is 102 Å². The Labute approximate surface area is 190 Å². The Hall–Kier alpha value is -4.19. The van der Waals surface area contributed by atoms with Gasteiger partial charge in [0.15, 0.2) is 0 Å². The van der Waals surface area contributed by atoms with Crippen LogP contribution in [0.3, 0.4) is 0 Å². The summed E-state index contributed by atoms with van der Waals surface area (Å²) in [5.41, 5.74) is 6.05. The van der Waals surface area contributed by atoms with Gasteiger partial charge in [0, 0.05) is 23.9 Å². The summed E-state index contributed by atoms with van der Waals surface area (Å²) in [4.78, 5) is 28.8. The molecule has 1 aromatic heterocycles. The molecule has 0 spiro atoms. The lowest BCUT2D eigenvalue weighted by Gasteiger charge is -2.18. The van der Waals surface area contributed by atoms with Crippen molar-refractivity contribution in [1.82, 2.24) is 10.3 Å². The number of alkyl carbamates (subject to hydrolysis) is 1. The normalized spacial score (nSPS) is 13.2. The largest absolute Gasteiger partial charge is 0.480 e. The number of benzene rings is 3. The first-order valence-electron chi connectivity index (χ1n) is 10.8. The maximum atomic E-state index is 12.6. The highest BCUT2D eigenvalue weighted by atomic mass is 16.5.